The number of ether oxygens (including phenoxy) is 2. The molecule has 0 spiro atoms. The van der Waals surface area contributed by atoms with Gasteiger partial charge >= 0.3 is 0 Å². The van der Waals surface area contributed by atoms with Gasteiger partial charge in [-0.2, -0.15) is 0 Å². The lowest BCUT2D eigenvalue weighted by atomic mass is 10.1. The second-order valence-corrected chi connectivity index (χ2v) is 6.59. The van der Waals surface area contributed by atoms with Crippen LogP contribution in [0.15, 0.2) is 72.8 Å². The summed E-state index contributed by atoms with van der Waals surface area (Å²) in [6.07, 6.45) is 0. The highest BCUT2D eigenvalue weighted by Crippen LogP contribution is 2.32. The molecule has 2 amide bonds. The Morgan fingerprint density at radius 1 is 0.828 bits per heavy atom. The van der Waals surface area contributed by atoms with Gasteiger partial charge in [-0.1, -0.05) is 24.3 Å². The van der Waals surface area contributed by atoms with E-state index >= 15 is 0 Å². The fourth-order valence-electron chi connectivity index (χ4n) is 3.08. The van der Waals surface area contributed by atoms with Gasteiger partial charge < -0.3 is 19.7 Å². The number of amides is 2. The highest BCUT2D eigenvalue weighted by molar-refractivity contribution is 6.09. The summed E-state index contributed by atoms with van der Waals surface area (Å²) in [6, 6.07) is 21.3. The second kappa shape index (κ2) is 8.06. The van der Waals surface area contributed by atoms with Crippen molar-refractivity contribution in [1.82, 2.24) is 0 Å². The Balaban J connectivity index is 1.51. The zero-order chi connectivity index (χ0) is 20.2. The Hall–Kier alpha value is -3.80. The molecule has 146 valence electrons. The number of nitrogens with zero attached hydrogens (tertiary/aromatic N) is 1. The van der Waals surface area contributed by atoms with Crippen molar-refractivity contribution < 1.29 is 19.1 Å². The number of hydrogen-bond donors (Lipinski definition) is 1. The van der Waals surface area contributed by atoms with Crippen LogP contribution in [0.4, 0.5) is 11.4 Å². The summed E-state index contributed by atoms with van der Waals surface area (Å²) in [7, 11) is 1.71. The van der Waals surface area contributed by atoms with E-state index < -0.39 is 0 Å². The maximum Gasteiger partial charge on any atom is 0.258 e. The molecular weight excluding hydrogens is 368 g/mol. The number of rotatable bonds is 4. The molecule has 1 heterocycles. The van der Waals surface area contributed by atoms with Gasteiger partial charge in [-0.25, -0.2) is 0 Å². The lowest BCUT2D eigenvalue weighted by Crippen LogP contribution is -2.26. The molecule has 0 aromatic heterocycles. The molecule has 3 aromatic rings. The molecule has 0 fully saturated rings. The Morgan fingerprint density at radius 3 is 2.34 bits per heavy atom. The van der Waals surface area contributed by atoms with Crippen molar-refractivity contribution in [2.24, 2.45) is 0 Å². The highest BCUT2D eigenvalue weighted by atomic mass is 16.6. The van der Waals surface area contributed by atoms with Crippen molar-refractivity contribution in [3.63, 3.8) is 0 Å². The molecule has 0 atom stereocenters. The van der Waals surface area contributed by atoms with Crippen LogP contribution in [0.25, 0.3) is 0 Å². The van der Waals surface area contributed by atoms with E-state index in [9.17, 15) is 9.59 Å². The maximum absolute atomic E-state index is 12.8. The third-order valence-corrected chi connectivity index (χ3v) is 4.62. The van der Waals surface area contributed by atoms with E-state index in [4.69, 9.17) is 9.47 Å². The minimum absolute atomic E-state index is 0.190. The van der Waals surface area contributed by atoms with Crippen LogP contribution in [0, 0.1) is 0 Å². The molecule has 0 radical (unpaired) electrons. The first-order valence-electron chi connectivity index (χ1n) is 9.26. The van der Waals surface area contributed by atoms with Gasteiger partial charge in [0.1, 0.15) is 13.2 Å². The van der Waals surface area contributed by atoms with E-state index in [-0.39, 0.29) is 11.8 Å². The van der Waals surface area contributed by atoms with Crippen LogP contribution >= 0.6 is 0 Å². The Morgan fingerprint density at radius 2 is 1.55 bits per heavy atom. The Kier molecular flexibility index (Phi) is 5.16. The summed E-state index contributed by atoms with van der Waals surface area (Å²) in [5.74, 6) is 0.761. The normalized spacial score (nSPS) is 12.2. The monoisotopic (exact) mass is 388 g/mol. The van der Waals surface area contributed by atoms with Crippen LogP contribution in [0.3, 0.4) is 0 Å². The van der Waals surface area contributed by atoms with Gasteiger partial charge in [0.05, 0.1) is 0 Å². The largest absolute Gasteiger partial charge is 0.486 e. The standard InChI is InChI=1S/C23H20N2O4/c1-25(19-8-3-2-4-9-19)23(27)17-7-5-6-16(14-17)22(26)24-18-10-11-20-21(15-18)29-13-12-28-20/h2-11,14-15H,12-13H2,1H3,(H,24,26). The molecule has 1 aliphatic heterocycles. The number of carbonyl (C=O) groups excluding carboxylic acids is 2. The number of carbonyl (C=O) groups is 2. The molecule has 1 N–H and O–H groups in total. The molecular formula is C23H20N2O4. The fraction of sp³-hybridized carbons (Fsp3) is 0.130. The van der Waals surface area contributed by atoms with Crippen molar-refractivity contribution >= 4 is 23.2 Å². The number of anilines is 2. The van der Waals surface area contributed by atoms with Crippen molar-refractivity contribution in [3.8, 4) is 11.5 Å². The van der Waals surface area contributed by atoms with E-state index in [2.05, 4.69) is 5.32 Å². The molecule has 0 saturated heterocycles. The minimum atomic E-state index is -0.307. The lowest BCUT2D eigenvalue weighted by Gasteiger charge is -2.19. The summed E-state index contributed by atoms with van der Waals surface area (Å²) in [5.41, 5.74) is 2.21. The number of para-hydroxylation sites is 1. The van der Waals surface area contributed by atoms with Gasteiger partial charge in [-0.05, 0) is 42.5 Å². The minimum Gasteiger partial charge on any atom is -0.486 e. The predicted molar refractivity (Wildman–Crippen MR) is 111 cm³/mol. The molecule has 1 aliphatic rings. The molecule has 0 aliphatic carbocycles. The van der Waals surface area contributed by atoms with Gasteiger partial charge in [0.15, 0.2) is 11.5 Å². The van der Waals surface area contributed by atoms with Crippen LogP contribution < -0.4 is 19.7 Å². The predicted octanol–water partition coefficient (Wildman–Crippen LogP) is 3.99. The van der Waals surface area contributed by atoms with Crippen LogP contribution in [0.1, 0.15) is 20.7 Å². The van der Waals surface area contributed by atoms with Crippen molar-refractivity contribution in [3.05, 3.63) is 83.9 Å². The first-order valence-corrected chi connectivity index (χ1v) is 9.26. The van der Waals surface area contributed by atoms with Crippen molar-refractivity contribution in [2.45, 2.75) is 0 Å². The number of nitrogens with one attached hydrogen (secondary N) is 1. The van der Waals surface area contributed by atoms with Gasteiger partial charge in [-0.15, -0.1) is 0 Å². The van der Waals surface area contributed by atoms with Gasteiger partial charge in [0.25, 0.3) is 11.8 Å². The maximum atomic E-state index is 12.8. The fourth-order valence-corrected chi connectivity index (χ4v) is 3.08. The molecule has 4 rings (SSSR count). The summed E-state index contributed by atoms with van der Waals surface area (Å²) in [6.45, 7) is 0.987. The molecule has 0 unspecified atom stereocenters. The van der Waals surface area contributed by atoms with Crippen LogP contribution in [-0.4, -0.2) is 32.1 Å². The molecule has 0 bridgehead atoms. The average molecular weight is 388 g/mol. The first kappa shape index (κ1) is 18.6. The lowest BCUT2D eigenvalue weighted by molar-refractivity contribution is 0.0993. The zero-order valence-electron chi connectivity index (χ0n) is 15.9. The summed E-state index contributed by atoms with van der Waals surface area (Å²) in [5, 5.41) is 2.84. The third-order valence-electron chi connectivity index (χ3n) is 4.62. The summed E-state index contributed by atoms with van der Waals surface area (Å²) >= 11 is 0. The molecule has 29 heavy (non-hydrogen) atoms. The smallest absolute Gasteiger partial charge is 0.258 e. The summed E-state index contributed by atoms with van der Waals surface area (Å²) in [4.78, 5) is 27.0. The Bertz CT molecular complexity index is 1050. The Labute approximate surface area is 168 Å². The number of hydrogen-bond acceptors (Lipinski definition) is 4. The molecule has 3 aromatic carbocycles. The third kappa shape index (κ3) is 4.06. The zero-order valence-corrected chi connectivity index (χ0v) is 15.9. The van der Waals surface area contributed by atoms with Crippen molar-refractivity contribution in [2.75, 3.05) is 30.5 Å². The van der Waals surface area contributed by atoms with E-state index in [1.807, 2.05) is 30.3 Å². The molecule has 6 nitrogen and oxygen atoms in total. The average Bonchev–Trinajstić information content (AvgIpc) is 2.78. The quantitative estimate of drug-likeness (QED) is 0.734. The van der Waals surface area contributed by atoms with Crippen LogP contribution in [-0.2, 0) is 0 Å². The number of benzene rings is 3. The van der Waals surface area contributed by atoms with E-state index in [0.717, 1.165) is 5.69 Å². The van der Waals surface area contributed by atoms with E-state index in [1.165, 1.54) is 0 Å². The van der Waals surface area contributed by atoms with Crippen LogP contribution in [0.5, 0.6) is 11.5 Å². The van der Waals surface area contributed by atoms with Crippen LogP contribution in [0.2, 0.25) is 0 Å². The highest BCUT2D eigenvalue weighted by Gasteiger charge is 2.17. The van der Waals surface area contributed by atoms with Crippen molar-refractivity contribution in [1.29, 1.82) is 0 Å². The number of fused-ring (bicyclic) bond motifs is 1. The second-order valence-electron chi connectivity index (χ2n) is 6.59. The van der Waals surface area contributed by atoms with E-state index in [0.29, 0.717) is 41.5 Å². The van der Waals surface area contributed by atoms with Gasteiger partial charge in [0, 0.05) is 35.6 Å². The summed E-state index contributed by atoms with van der Waals surface area (Å²) < 4.78 is 11.0. The first-order chi connectivity index (χ1) is 14.1. The SMILES string of the molecule is CN(C(=O)c1cccc(C(=O)Nc2ccc3c(c2)OCCO3)c1)c1ccccc1. The van der Waals surface area contributed by atoms with Gasteiger partial charge in [0.2, 0.25) is 0 Å². The molecule has 6 heteroatoms. The van der Waals surface area contributed by atoms with E-state index in [1.54, 1.807) is 54.4 Å². The topological polar surface area (TPSA) is 67.9 Å². The molecule has 0 saturated carbocycles. The van der Waals surface area contributed by atoms with Gasteiger partial charge in [-0.3, -0.25) is 9.59 Å².